The van der Waals surface area contributed by atoms with Crippen molar-refractivity contribution < 1.29 is 8.78 Å². The minimum atomic E-state index is -0.822. The Morgan fingerprint density at radius 2 is 1.58 bits per heavy atom. The number of halogens is 2. The monoisotopic (exact) mass is 174 g/mol. The Bertz CT molecular complexity index is 238. The average molecular weight is 174 g/mol. The molecule has 0 aromatic heterocycles. The van der Waals surface area contributed by atoms with E-state index in [1.54, 1.807) is 0 Å². The Balaban J connectivity index is 0.000000561. The number of hydrogen-bond donors (Lipinski definition) is 2. The van der Waals surface area contributed by atoms with Crippen LogP contribution in [0.2, 0.25) is 0 Å². The molecule has 0 spiro atoms. The Hall–Kier alpha value is -1.32. The van der Waals surface area contributed by atoms with Crippen LogP contribution < -0.4 is 11.5 Å². The fourth-order valence-corrected chi connectivity index (χ4v) is 0.605. The maximum Gasteiger partial charge on any atom is 0.151 e. The van der Waals surface area contributed by atoms with Crippen LogP contribution in [0.15, 0.2) is 12.1 Å². The first-order valence-electron chi connectivity index (χ1n) is 3.61. The Morgan fingerprint density at radius 1 is 1.08 bits per heavy atom. The minimum Gasteiger partial charge on any atom is -0.397 e. The van der Waals surface area contributed by atoms with Gasteiger partial charge in [0, 0.05) is 6.07 Å². The van der Waals surface area contributed by atoms with Gasteiger partial charge in [-0.3, -0.25) is 0 Å². The molecule has 0 saturated carbocycles. The van der Waals surface area contributed by atoms with Gasteiger partial charge in [0.1, 0.15) is 5.82 Å². The lowest BCUT2D eigenvalue weighted by Gasteiger charge is -1.99. The lowest BCUT2D eigenvalue weighted by atomic mass is 10.2. The number of nitrogens with two attached hydrogens (primary N) is 2. The molecule has 1 aromatic carbocycles. The van der Waals surface area contributed by atoms with E-state index in [9.17, 15) is 8.78 Å². The molecule has 0 fully saturated rings. The quantitative estimate of drug-likeness (QED) is 0.592. The third kappa shape index (κ3) is 2.38. The molecule has 0 radical (unpaired) electrons. The van der Waals surface area contributed by atoms with E-state index in [-0.39, 0.29) is 11.4 Å². The largest absolute Gasteiger partial charge is 0.397 e. The highest BCUT2D eigenvalue weighted by Gasteiger charge is 2.03. The van der Waals surface area contributed by atoms with Gasteiger partial charge in [-0.15, -0.1) is 0 Å². The summed E-state index contributed by atoms with van der Waals surface area (Å²) in [5.41, 5.74) is 9.92. The molecule has 0 unspecified atom stereocenters. The van der Waals surface area contributed by atoms with Crippen molar-refractivity contribution in [3.8, 4) is 0 Å². The average Bonchev–Trinajstić information content (AvgIpc) is 2.04. The van der Waals surface area contributed by atoms with Gasteiger partial charge < -0.3 is 11.5 Å². The van der Waals surface area contributed by atoms with Crippen LogP contribution >= 0.6 is 0 Å². The van der Waals surface area contributed by atoms with Crippen molar-refractivity contribution in [3.63, 3.8) is 0 Å². The highest BCUT2D eigenvalue weighted by Crippen LogP contribution is 2.19. The first kappa shape index (κ1) is 10.7. The molecular weight excluding hydrogens is 162 g/mol. The van der Waals surface area contributed by atoms with Crippen LogP contribution in [0.25, 0.3) is 0 Å². The lowest BCUT2D eigenvalue weighted by molar-refractivity contribution is 0.587. The van der Waals surface area contributed by atoms with Gasteiger partial charge in [-0.2, -0.15) is 0 Å². The summed E-state index contributed by atoms with van der Waals surface area (Å²) < 4.78 is 24.6. The molecule has 2 nitrogen and oxygen atoms in total. The fourth-order valence-electron chi connectivity index (χ4n) is 0.605. The Kier molecular flexibility index (Phi) is 4.04. The van der Waals surface area contributed by atoms with E-state index in [4.69, 9.17) is 11.5 Å². The van der Waals surface area contributed by atoms with Crippen molar-refractivity contribution in [2.45, 2.75) is 13.8 Å². The highest BCUT2D eigenvalue weighted by atomic mass is 19.1. The van der Waals surface area contributed by atoms with Crippen molar-refractivity contribution in [3.05, 3.63) is 23.8 Å². The van der Waals surface area contributed by atoms with Crippen molar-refractivity contribution in [1.82, 2.24) is 0 Å². The van der Waals surface area contributed by atoms with E-state index >= 15 is 0 Å². The molecule has 0 aliphatic carbocycles. The summed E-state index contributed by atoms with van der Waals surface area (Å²) in [4.78, 5) is 0. The van der Waals surface area contributed by atoms with Gasteiger partial charge in [0.25, 0.3) is 0 Å². The molecule has 0 bridgehead atoms. The molecule has 0 amide bonds. The van der Waals surface area contributed by atoms with Gasteiger partial charge in [0.05, 0.1) is 11.4 Å². The standard InChI is InChI=1S/C6H6F2N2.C2H6/c7-3-1-4(8)6(10)5(9)2-3;1-2/h1-2H,9-10H2;1-2H3. The Labute approximate surface area is 70.2 Å². The third-order valence-electron chi connectivity index (χ3n) is 1.13. The first-order valence-corrected chi connectivity index (χ1v) is 3.61. The number of benzene rings is 1. The van der Waals surface area contributed by atoms with E-state index in [1.165, 1.54) is 0 Å². The van der Waals surface area contributed by atoms with Crippen molar-refractivity contribution in [1.29, 1.82) is 0 Å². The van der Waals surface area contributed by atoms with Crippen molar-refractivity contribution in [2.75, 3.05) is 11.5 Å². The Morgan fingerprint density at radius 3 is 2.00 bits per heavy atom. The normalized spacial score (nSPS) is 8.67. The minimum absolute atomic E-state index is 0.0718. The van der Waals surface area contributed by atoms with Crippen molar-refractivity contribution >= 4 is 11.4 Å². The summed E-state index contributed by atoms with van der Waals surface area (Å²) in [6.07, 6.45) is 0. The van der Waals surface area contributed by atoms with Gasteiger partial charge in [-0.25, -0.2) is 8.78 Å². The zero-order chi connectivity index (χ0) is 9.72. The van der Waals surface area contributed by atoms with E-state index in [0.717, 1.165) is 6.07 Å². The van der Waals surface area contributed by atoms with Crippen LogP contribution in [0.3, 0.4) is 0 Å². The molecular formula is C8H12F2N2. The summed E-state index contributed by atoms with van der Waals surface area (Å²) in [5.74, 6) is -1.54. The fraction of sp³-hybridized carbons (Fsp3) is 0.250. The molecule has 4 N–H and O–H groups in total. The molecule has 68 valence electrons. The summed E-state index contributed by atoms with van der Waals surface area (Å²) >= 11 is 0. The second-order valence-electron chi connectivity index (χ2n) is 1.89. The van der Waals surface area contributed by atoms with Crippen LogP contribution in [0, 0.1) is 11.6 Å². The topological polar surface area (TPSA) is 52.0 Å². The van der Waals surface area contributed by atoms with Gasteiger partial charge in [0.15, 0.2) is 5.82 Å². The molecule has 0 aliphatic rings. The molecule has 0 saturated heterocycles. The van der Waals surface area contributed by atoms with Crippen LogP contribution in [0.4, 0.5) is 20.2 Å². The zero-order valence-corrected chi connectivity index (χ0v) is 7.07. The second kappa shape index (κ2) is 4.54. The maximum absolute atomic E-state index is 12.4. The van der Waals surface area contributed by atoms with Crippen LogP contribution in [0.5, 0.6) is 0 Å². The van der Waals surface area contributed by atoms with Gasteiger partial charge in [0.2, 0.25) is 0 Å². The van der Waals surface area contributed by atoms with E-state index in [1.807, 2.05) is 13.8 Å². The summed E-state index contributed by atoms with van der Waals surface area (Å²) in [5, 5.41) is 0. The maximum atomic E-state index is 12.4. The molecule has 0 heterocycles. The zero-order valence-electron chi connectivity index (χ0n) is 7.07. The van der Waals surface area contributed by atoms with Gasteiger partial charge in [-0.05, 0) is 6.07 Å². The molecule has 0 atom stereocenters. The van der Waals surface area contributed by atoms with Gasteiger partial charge in [-0.1, -0.05) is 13.8 Å². The lowest BCUT2D eigenvalue weighted by Crippen LogP contribution is -1.98. The molecule has 1 aromatic rings. The molecule has 12 heavy (non-hydrogen) atoms. The third-order valence-corrected chi connectivity index (χ3v) is 1.13. The predicted molar refractivity (Wildman–Crippen MR) is 46.5 cm³/mol. The highest BCUT2D eigenvalue weighted by molar-refractivity contribution is 5.63. The smallest absolute Gasteiger partial charge is 0.151 e. The molecule has 0 aliphatic heterocycles. The summed E-state index contributed by atoms with van der Waals surface area (Å²) in [7, 11) is 0. The van der Waals surface area contributed by atoms with Crippen LogP contribution in [-0.2, 0) is 0 Å². The van der Waals surface area contributed by atoms with Crippen molar-refractivity contribution in [2.24, 2.45) is 0 Å². The predicted octanol–water partition coefficient (Wildman–Crippen LogP) is 2.16. The SMILES string of the molecule is CC.Nc1cc(F)cc(F)c1N. The molecule has 1 rings (SSSR count). The number of rotatable bonds is 0. The van der Waals surface area contributed by atoms with E-state index in [2.05, 4.69) is 0 Å². The van der Waals surface area contributed by atoms with Crippen LogP contribution in [-0.4, -0.2) is 0 Å². The molecule has 4 heteroatoms. The number of anilines is 2. The van der Waals surface area contributed by atoms with E-state index < -0.39 is 11.6 Å². The number of hydrogen-bond acceptors (Lipinski definition) is 2. The number of nitrogen functional groups attached to an aromatic ring is 2. The van der Waals surface area contributed by atoms with Crippen LogP contribution in [0.1, 0.15) is 13.8 Å². The first-order chi connectivity index (χ1) is 5.61. The second-order valence-corrected chi connectivity index (χ2v) is 1.89. The summed E-state index contributed by atoms with van der Waals surface area (Å²) in [6, 6.07) is 1.66. The summed E-state index contributed by atoms with van der Waals surface area (Å²) in [6.45, 7) is 4.00. The van der Waals surface area contributed by atoms with Gasteiger partial charge >= 0.3 is 0 Å². The van der Waals surface area contributed by atoms with E-state index in [0.29, 0.717) is 6.07 Å².